The molecule has 14 heteroatoms. The fourth-order valence-electron chi connectivity index (χ4n) is 11.4. The monoisotopic (exact) mass is 925 g/mol. The Balaban J connectivity index is 1.13. The van der Waals surface area contributed by atoms with Gasteiger partial charge < -0.3 is 60.0 Å². The van der Waals surface area contributed by atoms with Crippen LogP contribution in [-0.2, 0) is 17.6 Å². The van der Waals surface area contributed by atoms with Crippen molar-refractivity contribution in [2.75, 3.05) is 39.6 Å². The van der Waals surface area contributed by atoms with Crippen LogP contribution in [0.1, 0.15) is 119 Å². The molecule has 0 unspecified atom stereocenters. The summed E-state index contributed by atoms with van der Waals surface area (Å²) in [4.78, 5) is 0. The number of phenolic OH excluding ortho intramolecular Hbond substituents is 2. The number of hydrogen-bond acceptors (Lipinski definition) is 14. The number of benzene rings is 2. The Kier molecular flexibility index (Phi) is 17.5. The van der Waals surface area contributed by atoms with E-state index >= 15 is 0 Å². The lowest BCUT2D eigenvalue weighted by Crippen LogP contribution is -2.51. The van der Waals surface area contributed by atoms with E-state index in [2.05, 4.69) is 36.2 Å². The van der Waals surface area contributed by atoms with Gasteiger partial charge in [0.1, 0.15) is 6.79 Å². The third-order valence-electron chi connectivity index (χ3n) is 14.8. The quantitative estimate of drug-likeness (QED) is 0.0484. The second kappa shape index (κ2) is 22.8. The van der Waals surface area contributed by atoms with Crippen LogP contribution >= 0.6 is 21.6 Å². The average molecular weight is 926 g/mol. The number of aromatic hydroxyl groups is 2. The largest absolute Gasteiger partial charge is 0.504 e. The van der Waals surface area contributed by atoms with Crippen LogP contribution in [0.15, 0.2) is 36.4 Å². The van der Waals surface area contributed by atoms with Crippen molar-refractivity contribution < 1.29 is 54.7 Å². The standard InChI is InChI=1S/C50H71NO11S2/c1-32-8-6-14-49(27-32)15-7-18-50(16-4-3-5-17-50)51-28-35-10-12-37(24-40(35)49)62-44-23-34-9-11-36(60-30-53)25-41(55)39(20-33-21-45(59-2)48(58)46(22-33)61-31-54)43(57)29-63-64-47(13-19-52)38(34)26-42(44)56/h6,14,21-23,26,32,35-37,39-41,43,47,51-58H,3-5,8-13,16-20,24-25,27-31H2,1-2H3/t32-,35-,36+,37+,39+,40+,41-,43+,47+,49-/m1/s1. The van der Waals surface area contributed by atoms with Gasteiger partial charge in [-0.2, -0.15) is 0 Å². The third-order valence-corrected chi connectivity index (χ3v) is 17.6. The van der Waals surface area contributed by atoms with Crippen molar-refractivity contribution in [2.45, 2.75) is 145 Å². The smallest absolute Gasteiger partial charge is 0.200 e. The molecule has 0 aromatic heterocycles. The fraction of sp³-hybridized carbons (Fsp3) is 0.680. The molecule has 10 atom stereocenters. The predicted octanol–water partition coefficient (Wildman–Crippen LogP) is 7.33. The Morgan fingerprint density at radius 3 is 2.47 bits per heavy atom. The highest BCUT2D eigenvalue weighted by Crippen LogP contribution is 2.52. The van der Waals surface area contributed by atoms with Gasteiger partial charge in [-0.1, -0.05) is 65.8 Å². The number of nitrogens with one attached hydrogen (secondary N) is 1. The van der Waals surface area contributed by atoms with Gasteiger partial charge in [-0.15, -0.1) is 5.92 Å². The molecule has 7 rings (SSSR count). The summed E-state index contributed by atoms with van der Waals surface area (Å²) in [6.07, 6.45) is 15.5. The molecular weight excluding hydrogens is 855 g/mol. The molecule has 2 aromatic rings. The van der Waals surface area contributed by atoms with E-state index in [1.165, 1.54) is 60.8 Å². The average Bonchev–Trinajstić information content (AvgIpc) is 3.33. The van der Waals surface area contributed by atoms with Gasteiger partial charge in [0, 0.05) is 35.5 Å². The molecule has 3 aliphatic carbocycles. The summed E-state index contributed by atoms with van der Waals surface area (Å²) >= 11 is 0. The maximum atomic E-state index is 11.8. The van der Waals surface area contributed by atoms with Crippen molar-refractivity contribution in [1.82, 2.24) is 5.32 Å². The summed E-state index contributed by atoms with van der Waals surface area (Å²) in [6, 6.07) is 6.87. The van der Waals surface area contributed by atoms with Crippen LogP contribution in [0.25, 0.3) is 0 Å². The number of aliphatic hydroxyl groups is 5. The molecule has 0 bridgehead atoms. The molecule has 0 saturated heterocycles. The number of rotatable bonds is 11. The van der Waals surface area contributed by atoms with E-state index in [0.29, 0.717) is 48.3 Å². The normalized spacial score (nSPS) is 32.2. The van der Waals surface area contributed by atoms with Crippen LogP contribution in [0, 0.1) is 40.9 Å². The van der Waals surface area contributed by atoms with E-state index in [1.54, 1.807) is 18.2 Å². The molecular formula is C50H71NO11S2. The number of allylic oxidation sites excluding steroid dienone is 2. The molecule has 8 N–H and O–H groups in total. The molecule has 2 heterocycles. The second-order valence-electron chi connectivity index (χ2n) is 19.1. The molecule has 0 radical (unpaired) electrons. The molecule has 0 amide bonds. The zero-order valence-electron chi connectivity index (χ0n) is 37.6. The zero-order valence-corrected chi connectivity index (χ0v) is 39.2. The minimum atomic E-state index is -1.06. The Labute approximate surface area is 387 Å². The summed E-state index contributed by atoms with van der Waals surface area (Å²) < 4.78 is 23.3. The SMILES string of the molecule is COc1cc(C[C@H]2[C@H](O)C[C@@H](OCO)CCc3cc(O[C@H]4CC[C@@H]5CNC6(CC#C[C@@]7(C=CC[C@@H](C)C7)[C@H]5C4)CCCCC6)c(O)cc3[C@H](CCO)SSC[C@@H]2O)cc(OCO)c1O. The van der Waals surface area contributed by atoms with E-state index in [1.807, 2.05) is 6.07 Å². The first-order valence-electron chi connectivity index (χ1n) is 23.6. The Morgan fingerprint density at radius 1 is 0.906 bits per heavy atom. The van der Waals surface area contributed by atoms with Crippen molar-refractivity contribution in [3.05, 3.63) is 53.1 Å². The van der Waals surface area contributed by atoms with Crippen LogP contribution in [0.5, 0.6) is 28.7 Å². The highest BCUT2D eigenvalue weighted by molar-refractivity contribution is 8.76. The lowest BCUT2D eigenvalue weighted by molar-refractivity contribution is -0.0808. The Bertz CT molecular complexity index is 1930. The number of phenols is 2. The molecule has 2 saturated carbocycles. The molecule has 2 aromatic carbocycles. The van der Waals surface area contributed by atoms with Crippen molar-refractivity contribution in [3.63, 3.8) is 0 Å². The first-order chi connectivity index (χ1) is 31.0. The van der Waals surface area contributed by atoms with Crippen LogP contribution < -0.4 is 19.5 Å². The van der Waals surface area contributed by atoms with Gasteiger partial charge in [0.15, 0.2) is 29.8 Å². The molecule has 2 fully saturated rings. The van der Waals surface area contributed by atoms with Crippen LogP contribution in [-0.4, -0.2) is 105 Å². The minimum absolute atomic E-state index is 0.00919. The van der Waals surface area contributed by atoms with Crippen molar-refractivity contribution in [2.24, 2.45) is 29.1 Å². The van der Waals surface area contributed by atoms with Gasteiger partial charge in [0.2, 0.25) is 5.75 Å². The van der Waals surface area contributed by atoms with E-state index in [-0.39, 0.29) is 70.5 Å². The number of fused-ring (bicyclic) bond motifs is 3. The molecule has 2 aliphatic heterocycles. The summed E-state index contributed by atoms with van der Waals surface area (Å²) in [5.41, 5.74) is 2.28. The van der Waals surface area contributed by atoms with E-state index in [9.17, 15) is 35.7 Å². The van der Waals surface area contributed by atoms with Crippen LogP contribution in [0.4, 0.5) is 0 Å². The number of ether oxygens (including phenoxy) is 4. The predicted molar refractivity (Wildman–Crippen MR) is 251 cm³/mol. The first kappa shape index (κ1) is 49.1. The maximum absolute atomic E-state index is 11.8. The van der Waals surface area contributed by atoms with E-state index in [4.69, 9.17) is 18.9 Å². The maximum Gasteiger partial charge on any atom is 0.200 e. The van der Waals surface area contributed by atoms with Crippen LogP contribution in [0.2, 0.25) is 0 Å². The molecule has 64 heavy (non-hydrogen) atoms. The topological polar surface area (TPSA) is 191 Å². The third kappa shape index (κ3) is 11.8. The highest BCUT2D eigenvalue weighted by atomic mass is 33.1. The number of methoxy groups -OCH3 is 1. The zero-order chi connectivity index (χ0) is 45.3. The highest BCUT2D eigenvalue weighted by Gasteiger charge is 2.47. The minimum Gasteiger partial charge on any atom is -0.504 e. The fourth-order valence-corrected chi connectivity index (χ4v) is 14.3. The molecule has 2 spiro atoms. The van der Waals surface area contributed by atoms with Gasteiger partial charge >= 0.3 is 0 Å². The molecule has 354 valence electrons. The number of hydrogen-bond donors (Lipinski definition) is 8. The lowest BCUT2D eigenvalue weighted by Gasteiger charge is -2.47. The summed E-state index contributed by atoms with van der Waals surface area (Å²) in [5.74, 6) is 8.84. The summed E-state index contributed by atoms with van der Waals surface area (Å²) in [5, 5.41) is 79.3. The Hall–Kier alpha value is -2.84. The van der Waals surface area contributed by atoms with Gasteiger partial charge in [-0.05, 0) is 142 Å². The molecule has 5 aliphatic rings. The lowest BCUT2D eigenvalue weighted by atomic mass is 9.59. The van der Waals surface area contributed by atoms with Crippen LogP contribution in [0.3, 0.4) is 0 Å². The van der Waals surface area contributed by atoms with Gasteiger partial charge in [0.05, 0.1) is 36.9 Å². The van der Waals surface area contributed by atoms with Crippen molar-refractivity contribution in [1.29, 1.82) is 0 Å². The summed E-state index contributed by atoms with van der Waals surface area (Å²) in [6.45, 7) is 2.01. The van der Waals surface area contributed by atoms with Crippen molar-refractivity contribution >= 4 is 21.6 Å². The summed E-state index contributed by atoms with van der Waals surface area (Å²) in [7, 11) is 4.34. The first-order valence-corrected chi connectivity index (χ1v) is 25.9. The number of aryl methyl sites for hydroxylation is 1. The van der Waals surface area contributed by atoms with Gasteiger partial charge in [-0.25, -0.2) is 0 Å². The van der Waals surface area contributed by atoms with Gasteiger partial charge in [-0.3, -0.25) is 0 Å². The van der Waals surface area contributed by atoms with Crippen molar-refractivity contribution in [3.8, 4) is 40.6 Å². The molecule has 12 nitrogen and oxygen atoms in total. The number of aliphatic hydroxyl groups excluding tert-OH is 5. The Morgan fingerprint density at radius 2 is 1.72 bits per heavy atom. The van der Waals surface area contributed by atoms with E-state index in [0.717, 1.165) is 56.2 Å². The second-order valence-corrected chi connectivity index (χ2v) is 21.7. The van der Waals surface area contributed by atoms with Gasteiger partial charge in [0.25, 0.3) is 0 Å². The van der Waals surface area contributed by atoms with E-state index < -0.39 is 37.8 Å².